The minimum Gasteiger partial charge on any atom is -0.312 e. The third-order valence-corrected chi connectivity index (χ3v) is 5.93. The number of hydrogen-bond acceptors (Lipinski definition) is 2. The molecule has 2 rings (SSSR count). The lowest BCUT2D eigenvalue weighted by atomic mass is 9.76. The highest BCUT2D eigenvalue weighted by molar-refractivity contribution is 4.95. The average Bonchev–Trinajstić information content (AvgIpc) is 3.27. The van der Waals surface area contributed by atoms with Crippen LogP contribution < -0.4 is 5.32 Å². The molecule has 2 fully saturated rings. The summed E-state index contributed by atoms with van der Waals surface area (Å²) in [7, 11) is 2.39. The molecular weight excluding hydrogens is 244 g/mol. The van der Waals surface area contributed by atoms with Crippen LogP contribution in [0.25, 0.3) is 0 Å². The Labute approximate surface area is 126 Å². The summed E-state index contributed by atoms with van der Waals surface area (Å²) in [4.78, 5) is 2.72. The second-order valence-corrected chi connectivity index (χ2v) is 7.69. The van der Waals surface area contributed by atoms with E-state index < -0.39 is 0 Å². The third-order valence-electron chi connectivity index (χ3n) is 5.93. The van der Waals surface area contributed by atoms with Gasteiger partial charge >= 0.3 is 0 Å². The second-order valence-electron chi connectivity index (χ2n) is 7.69. The summed E-state index contributed by atoms with van der Waals surface area (Å²) in [6.07, 6.45) is 8.35. The van der Waals surface area contributed by atoms with Gasteiger partial charge in [0.1, 0.15) is 0 Å². The summed E-state index contributed by atoms with van der Waals surface area (Å²) < 4.78 is 0. The van der Waals surface area contributed by atoms with Gasteiger partial charge in [-0.2, -0.15) is 0 Å². The van der Waals surface area contributed by atoms with Crippen LogP contribution in [-0.2, 0) is 0 Å². The average molecular weight is 281 g/mol. The van der Waals surface area contributed by atoms with E-state index in [1.165, 1.54) is 45.1 Å². The van der Waals surface area contributed by atoms with Crippen LogP contribution in [0.1, 0.15) is 66.2 Å². The Morgan fingerprint density at radius 2 is 1.70 bits per heavy atom. The zero-order valence-electron chi connectivity index (χ0n) is 14.4. The molecule has 0 bridgehead atoms. The monoisotopic (exact) mass is 280 g/mol. The largest absolute Gasteiger partial charge is 0.312 e. The van der Waals surface area contributed by atoms with Crippen molar-refractivity contribution in [3.8, 4) is 0 Å². The zero-order chi connectivity index (χ0) is 14.7. The van der Waals surface area contributed by atoms with E-state index in [9.17, 15) is 0 Å². The normalized spacial score (nSPS) is 32.9. The number of likely N-dealkylation sites (N-methyl/N-ethyl adjacent to an activating group) is 1. The highest BCUT2D eigenvalue weighted by atomic mass is 15.2. The second kappa shape index (κ2) is 7.26. The van der Waals surface area contributed by atoms with Crippen LogP contribution in [0.15, 0.2) is 0 Å². The molecule has 0 radical (unpaired) electrons. The zero-order valence-corrected chi connectivity index (χ0v) is 14.4. The molecule has 2 aliphatic carbocycles. The summed E-state index contributed by atoms with van der Waals surface area (Å²) in [5.74, 6) is 2.74. The molecule has 4 unspecified atom stereocenters. The predicted molar refractivity (Wildman–Crippen MR) is 88.0 cm³/mol. The molecule has 0 saturated heterocycles. The molecule has 2 heteroatoms. The van der Waals surface area contributed by atoms with Crippen molar-refractivity contribution in [1.29, 1.82) is 0 Å². The van der Waals surface area contributed by atoms with Crippen molar-refractivity contribution in [2.24, 2.45) is 17.8 Å². The minimum absolute atomic E-state index is 0.719. The summed E-state index contributed by atoms with van der Waals surface area (Å²) in [5, 5.41) is 3.83. The van der Waals surface area contributed by atoms with Gasteiger partial charge in [0.2, 0.25) is 0 Å². The fourth-order valence-electron chi connectivity index (χ4n) is 4.01. The Kier molecular flexibility index (Phi) is 5.92. The van der Waals surface area contributed by atoms with E-state index in [0.29, 0.717) is 0 Å². The quantitative estimate of drug-likeness (QED) is 0.760. The van der Waals surface area contributed by atoms with Crippen molar-refractivity contribution < 1.29 is 0 Å². The summed E-state index contributed by atoms with van der Waals surface area (Å²) >= 11 is 0. The van der Waals surface area contributed by atoms with E-state index in [-0.39, 0.29) is 0 Å². The maximum Gasteiger partial charge on any atom is 0.0251 e. The van der Waals surface area contributed by atoms with E-state index >= 15 is 0 Å². The minimum atomic E-state index is 0.719. The third kappa shape index (κ3) is 3.98. The summed E-state index contributed by atoms with van der Waals surface area (Å²) in [5.41, 5.74) is 0. The van der Waals surface area contributed by atoms with Gasteiger partial charge in [0.15, 0.2) is 0 Å². The molecule has 4 atom stereocenters. The van der Waals surface area contributed by atoms with Crippen molar-refractivity contribution in [2.75, 3.05) is 13.6 Å². The summed E-state index contributed by atoms with van der Waals surface area (Å²) in [6.45, 7) is 10.7. The first-order valence-electron chi connectivity index (χ1n) is 8.99. The van der Waals surface area contributed by atoms with Gasteiger partial charge in [-0.25, -0.2) is 0 Å². The Morgan fingerprint density at radius 3 is 2.25 bits per heavy atom. The van der Waals surface area contributed by atoms with Crippen LogP contribution in [0.2, 0.25) is 0 Å². The van der Waals surface area contributed by atoms with Crippen molar-refractivity contribution in [2.45, 2.75) is 84.3 Å². The lowest BCUT2D eigenvalue weighted by Crippen LogP contribution is -2.55. The fraction of sp³-hybridized carbons (Fsp3) is 1.00. The molecule has 1 N–H and O–H groups in total. The van der Waals surface area contributed by atoms with Gasteiger partial charge in [-0.15, -0.1) is 0 Å². The van der Waals surface area contributed by atoms with Crippen molar-refractivity contribution in [1.82, 2.24) is 10.2 Å². The molecule has 2 nitrogen and oxygen atoms in total. The first-order chi connectivity index (χ1) is 9.54. The van der Waals surface area contributed by atoms with Gasteiger partial charge in [-0.3, -0.25) is 4.90 Å². The SMILES string of the molecule is CCCNC1CCC(C(C)C)CC1N(C)C(C)C1CC1. The molecule has 0 heterocycles. The molecule has 0 aliphatic heterocycles. The Balaban J connectivity index is 1.99. The Morgan fingerprint density at radius 1 is 1.05 bits per heavy atom. The molecule has 0 amide bonds. The van der Waals surface area contributed by atoms with Gasteiger partial charge in [0, 0.05) is 18.1 Å². The van der Waals surface area contributed by atoms with Crippen LogP contribution in [0.4, 0.5) is 0 Å². The highest BCUT2D eigenvalue weighted by Crippen LogP contribution is 2.39. The van der Waals surface area contributed by atoms with E-state index in [4.69, 9.17) is 0 Å². The number of rotatable bonds is 7. The van der Waals surface area contributed by atoms with Crippen LogP contribution >= 0.6 is 0 Å². The van der Waals surface area contributed by atoms with Crippen LogP contribution in [0, 0.1) is 17.8 Å². The number of nitrogens with one attached hydrogen (secondary N) is 1. The molecular formula is C18H36N2. The Hall–Kier alpha value is -0.0800. The Bertz CT molecular complexity index is 285. The molecule has 20 heavy (non-hydrogen) atoms. The molecule has 118 valence electrons. The van der Waals surface area contributed by atoms with E-state index in [0.717, 1.165) is 35.9 Å². The first kappa shape index (κ1) is 16.3. The van der Waals surface area contributed by atoms with Gasteiger partial charge in [0.05, 0.1) is 0 Å². The maximum absolute atomic E-state index is 3.83. The van der Waals surface area contributed by atoms with E-state index in [1.807, 2.05) is 0 Å². The van der Waals surface area contributed by atoms with Gasteiger partial charge in [0.25, 0.3) is 0 Å². The first-order valence-corrected chi connectivity index (χ1v) is 8.99. The maximum atomic E-state index is 3.83. The van der Waals surface area contributed by atoms with E-state index in [1.54, 1.807) is 0 Å². The predicted octanol–water partition coefficient (Wildman–Crippen LogP) is 3.91. The molecule has 0 aromatic carbocycles. The van der Waals surface area contributed by atoms with Crippen LogP contribution in [-0.4, -0.2) is 36.6 Å². The van der Waals surface area contributed by atoms with Crippen molar-refractivity contribution in [3.63, 3.8) is 0 Å². The molecule has 0 aromatic rings. The fourth-order valence-corrected chi connectivity index (χ4v) is 4.01. The topological polar surface area (TPSA) is 15.3 Å². The lowest BCUT2D eigenvalue weighted by molar-refractivity contribution is 0.0697. The lowest BCUT2D eigenvalue weighted by Gasteiger charge is -2.45. The molecule has 0 spiro atoms. The summed E-state index contributed by atoms with van der Waals surface area (Å²) in [6, 6.07) is 2.24. The number of hydrogen-bond donors (Lipinski definition) is 1. The molecule has 2 saturated carbocycles. The van der Waals surface area contributed by atoms with Gasteiger partial charge in [-0.1, -0.05) is 20.8 Å². The molecule has 0 aromatic heterocycles. The standard InChI is InChI=1S/C18H36N2/c1-6-11-19-17-10-9-16(13(2)3)12-18(17)20(5)14(4)15-7-8-15/h13-19H,6-12H2,1-5H3. The van der Waals surface area contributed by atoms with Gasteiger partial charge in [-0.05, 0) is 76.8 Å². The highest BCUT2D eigenvalue weighted by Gasteiger charge is 2.39. The molecule has 2 aliphatic rings. The number of nitrogens with zero attached hydrogens (tertiary/aromatic N) is 1. The van der Waals surface area contributed by atoms with E-state index in [2.05, 4.69) is 45.0 Å². The van der Waals surface area contributed by atoms with Crippen molar-refractivity contribution in [3.05, 3.63) is 0 Å². The smallest absolute Gasteiger partial charge is 0.0251 e. The van der Waals surface area contributed by atoms with Crippen LogP contribution in [0.5, 0.6) is 0 Å². The van der Waals surface area contributed by atoms with Crippen LogP contribution in [0.3, 0.4) is 0 Å². The van der Waals surface area contributed by atoms with Gasteiger partial charge < -0.3 is 5.32 Å². The van der Waals surface area contributed by atoms with Crippen molar-refractivity contribution >= 4 is 0 Å².